The predicted molar refractivity (Wildman–Crippen MR) is 102 cm³/mol. The molecule has 27 heavy (non-hydrogen) atoms. The summed E-state index contributed by atoms with van der Waals surface area (Å²) < 4.78 is 5.51. The standard InChI is InChI=1S/C20H25N3O4/c1-12(2)14-5-8-17(27-10-9-24)16(11-14)18(20(25)26)23-15-6-3-13(4-7-15)19(21)22/h3-8,11-12,18,23-24H,9-10H2,1-2H3,(H3,21,22)(H,25,26)/p-1. The predicted octanol–water partition coefficient (Wildman–Crippen LogP) is 1.37. The van der Waals surface area contributed by atoms with Crippen molar-refractivity contribution in [3.63, 3.8) is 0 Å². The van der Waals surface area contributed by atoms with Crippen molar-refractivity contribution < 1.29 is 19.7 Å². The van der Waals surface area contributed by atoms with Gasteiger partial charge >= 0.3 is 0 Å². The number of aliphatic carboxylic acids is 1. The van der Waals surface area contributed by atoms with Gasteiger partial charge < -0.3 is 30.8 Å². The monoisotopic (exact) mass is 370 g/mol. The zero-order valence-corrected chi connectivity index (χ0v) is 15.4. The lowest BCUT2D eigenvalue weighted by atomic mass is 9.96. The largest absolute Gasteiger partial charge is 0.548 e. The first-order chi connectivity index (χ1) is 12.8. The van der Waals surface area contributed by atoms with Gasteiger partial charge in [0.15, 0.2) is 0 Å². The zero-order chi connectivity index (χ0) is 20.0. The number of hydrogen-bond donors (Lipinski definition) is 4. The number of aliphatic hydroxyl groups excluding tert-OH is 1. The minimum absolute atomic E-state index is 0.0566. The highest BCUT2D eigenvalue weighted by Crippen LogP contribution is 2.31. The summed E-state index contributed by atoms with van der Waals surface area (Å²) in [6.07, 6.45) is 0. The van der Waals surface area contributed by atoms with Gasteiger partial charge in [-0.05, 0) is 47.9 Å². The molecule has 7 heteroatoms. The summed E-state index contributed by atoms with van der Waals surface area (Å²) in [4.78, 5) is 11.9. The fourth-order valence-electron chi connectivity index (χ4n) is 2.62. The molecule has 5 N–H and O–H groups in total. The van der Waals surface area contributed by atoms with Crippen molar-refractivity contribution in [2.24, 2.45) is 5.73 Å². The van der Waals surface area contributed by atoms with Crippen molar-refractivity contribution in [1.82, 2.24) is 0 Å². The van der Waals surface area contributed by atoms with Gasteiger partial charge in [0.25, 0.3) is 0 Å². The van der Waals surface area contributed by atoms with E-state index in [1.807, 2.05) is 19.9 Å². The van der Waals surface area contributed by atoms with Crippen molar-refractivity contribution in [3.8, 4) is 5.75 Å². The third-order valence-corrected chi connectivity index (χ3v) is 4.10. The van der Waals surface area contributed by atoms with E-state index in [0.717, 1.165) is 5.56 Å². The topological polar surface area (TPSA) is 131 Å². The van der Waals surface area contributed by atoms with Crippen molar-refractivity contribution in [2.75, 3.05) is 18.5 Å². The number of carboxylic acids is 1. The second-order valence-electron chi connectivity index (χ2n) is 6.41. The Kier molecular flexibility index (Phi) is 6.79. The zero-order valence-electron chi connectivity index (χ0n) is 15.4. The Morgan fingerprint density at radius 3 is 2.44 bits per heavy atom. The minimum Gasteiger partial charge on any atom is -0.548 e. The van der Waals surface area contributed by atoms with Crippen LogP contribution in [0.3, 0.4) is 0 Å². The number of rotatable bonds is 9. The van der Waals surface area contributed by atoms with E-state index in [9.17, 15) is 9.90 Å². The first-order valence-corrected chi connectivity index (χ1v) is 8.62. The summed E-state index contributed by atoms with van der Waals surface area (Å²) in [7, 11) is 0. The molecule has 0 radical (unpaired) electrons. The molecule has 0 aromatic heterocycles. The van der Waals surface area contributed by atoms with E-state index in [-0.39, 0.29) is 25.0 Å². The Hall–Kier alpha value is -3.06. The SMILES string of the molecule is CC(C)c1ccc(OCCO)c(C(Nc2ccc(C(=N)N)cc2)C(=O)[O-])c1. The molecule has 2 rings (SSSR count). The number of nitrogens with two attached hydrogens (primary N) is 1. The Balaban J connectivity index is 2.40. The highest BCUT2D eigenvalue weighted by molar-refractivity contribution is 5.95. The van der Waals surface area contributed by atoms with Crippen LogP contribution in [-0.2, 0) is 4.79 Å². The number of nitrogen functional groups attached to an aromatic ring is 1. The average molecular weight is 370 g/mol. The fraction of sp³-hybridized carbons (Fsp3) is 0.300. The minimum atomic E-state index is -1.31. The molecule has 0 aliphatic carbocycles. The number of benzene rings is 2. The molecular weight excluding hydrogens is 346 g/mol. The van der Waals surface area contributed by atoms with E-state index in [4.69, 9.17) is 21.0 Å². The van der Waals surface area contributed by atoms with Crippen LogP contribution in [0.25, 0.3) is 0 Å². The van der Waals surface area contributed by atoms with Gasteiger partial charge in [0, 0.05) is 16.8 Å². The molecule has 0 heterocycles. The molecule has 2 aromatic carbocycles. The molecule has 0 saturated heterocycles. The van der Waals surface area contributed by atoms with Gasteiger partial charge in [-0.15, -0.1) is 0 Å². The highest BCUT2D eigenvalue weighted by Gasteiger charge is 2.19. The van der Waals surface area contributed by atoms with Crippen LogP contribution in [0.1, 0.15) is 42.5 Å². The van der Waals surface area contributed by atoms with Gasteiger partial charge in [-0.3, -0.25) is 5.41 Å². The summed E-state index contributed by atoms with van der Waals surface area (Å²) in [6, 6.07) is 10.7. The number of carbonyl (C=O) groups is 1. The Bertz CT molecular complexity index is 803. The van der Waals surface area contributed by atoms with Crippen molar-refractivity contribution in [1.29, 1.82) is 5.41 Å². The first kappa shape index (κ1) is 20.3. The lowest BCUT2D eigenvalue weighted by molar-refractivity contribution is -0.307. The number of carbonyl (C=O) groups excluding carboxylic acids is 1. The highest BCUT2D eigenvalue weighted by atomic mass is 16.5. The van der Waals surface area contributed by atoms with Crippen LogP contribution in [-0.4, -0.2) is 30.1 Å². The maximum Gasteiger partial charge on any atom is 0.125 e. The van der Waals surface area contributed by atoms with Gasteiger partial charge in [0.2, 0.25) is 0 Å². The number of amidine groups is 1. The van der Waals surface area contributed by atoms with Crippen LogP contribution in [0.4, 0.5) is 5.69 Å². The van der Waals surface area contributed by atoms with Gasteiger partial charge in [-0.1, -0.05) is 19.9 Å². The van der Waals surface area contributed by atoms with E-state index in [0.29, 0.717) is 22.6 Å². The number of hydrogen-bond acceptors (Lipinski definition) is 6. The third-order valence-electron chi connectivity index (χ3n) is 4.10. The molecule has 0 amide bonds. The summed E-state index contributed by atoms with van der Waals surface area (Å²) in [5, 5.41) is 31.2. The Morgan fingerprint density at radius 2 is 1.93 bits per heavy atom. The Morgan fingerprint density at radius 1 is 1.26 bits per heavy atom. The lowest BCUT2D eigenvalue weighted by Gasteiger charge is -2.25. The van der Waals surface area contributed by atoms with E-state index in [1.165, 1.54) is 0 Å². The number of anilines is 1. The van der Waals surface area contributed by atoms with Crippen LogP contribution in [0.2, 0.25) is 0 Å². The number of ether oxygens (including phenoxy) is 1. The van der Waals surface area contributed by atoms with Crippen molar-refractivity contribution in [3.05, 3.63) is 59.2 Å². The molecule has 7 nitrogen and oxygen atoms in total. The van der Waals surface area contributed by atoms with Crippen LogP contribution < -0.4 is 20.9 Å². The van der Waals surface area contributed by atoms with E-state index < -0.39 is 12.0 Å². The summed E-state index contributed by atoms with van der Waals surface area (Å²) >= 11 is 0. The van der Waals surface area contributed by atoms with E-state index >= 15 is 0 Å². The second-order valence-corrected chi connectivity index (χ2v) is 6.41. The van der Waals surface area contributed by atoms with Gasteiger partial charge in [-0.25, -0.2) is 0 Å². The summed E-state index contributed by atoms with van der Waals surface area (Å²) in [6.45, 7) is 3.90. The number of aliphatic hydroxyl groups is 1. The van der Waals surface area contributed by atoms with Crippen LogP contribution in [0, 0.1) is 5.41 Å². The first-order valence-electron chi connectivity index (χ1n) is 8.62. The summed E-state index contributed by atoms with van der Waals surface area (Å²) in [5.74, 6) is -0.800. The summed E-state index contributed by atoms with van der Waals surface area (Å²) in [5.41, 5.74) is 7.90. The smallest absolute Gasteiger partial charge is 0.125 e. The third kappa shape index (κ3) is 5.21. The molecule has 1 unspecified atom stereocenters. The lowest BCUT2D eigenvalue weighted by Crippen LogP contribution is -2.34. The fourth-order valence-corrected chi connectivity index (χ4v) is 2.62. The van der Waals surface area contributed by atoms with Gasteiger partial charge in [0.1, 0.15) is 18.2 Å². The van der Waals surface area contributed by atoms with Crippen molar-refractivity contribution >= 4 is 17.5 Å². The molecule has 0 bridgehead atoms. The molecule has 0 fully saturated rings. The number of nitrogens with one attached hydrogen (secondary N) is 2. The molecule has 1 atom stereocenters. The molecule has 0 aliphatic heterocycles. The quantitative estimate of drug-likeness (QED) is 0.389. The number of carboxylic acid groups (broad SMARTS) is 1. The molecule has 144 valence electrons. The Labute approximate surface area is 158 Å². The van der Waals surface area contributed by atoms with Crippen LogP contribution in [0.5, 0.6) is 5.75 Å². The molecular formula is C20H24N3O4-. The van der Waals surface area contributed by atoms with Gasteiger partial charge in [0.05, 0.1) is 18.6 Å². The van der Waals surface area contributed by atoms with Crippen LogP contribution in [0.15, 0.2) is 42.5 Å². The molecule has 0 aliphatic rings. The second kappa shape index (κ2) is 9.05. The van der Waals surface area contributed by atoms with Gasteiger partial charge in [-0.2, -0.15) is 0 Å². The van der Waals surface area contributed by atoms with E-state index in [2.05, 4.69) is 5.32 Å². The average Bonchev–Trinajstić information content (AvgIpc) is 2.64. The van der Waals surface area contributed by atoms with Crippen LogP contribution >= 0.6 is 0 Å². The molecule has 0 spiro atoms. The van der Waals surface area contributed by atoms with E-state index in [1.54, 1.807) is 36.4 Å². The normalized spacial score (nSPS) is 11.9. The molecule has 0 saturated carbocycles. The maximum absolute atomic E-state index is 11.9. The molecule has 2 aromatic rings. The van der Waals surface area contributed by atoms with Crippen molar-refractivity contribution in [2.45, 2.75) is 25.8 Å². The maximum atomic E-state index is 11.9.